The molecule has 4 heteroatoms. The van der Waals surface area contributed by atoms with E-state index in [1.807, 2.05) is 13.1 Å². The minimum Gasteiger partial charge on any atom is -0.301 e. The van der Waals surface area contributed by atoms with Gasteiger partial charge in [-0.3, -0.25) is 9.48 Å². The Labute approximate surface area is 134 Å². The molecule has 0 aromatic carbocycles. The smallest absolute Gasteiger partial charge is 0.132 e. The van der Waals surface area contributed by atoms with Gasteiger partial charge in [-0.1, -0.05) is 20.8 Å². The highest BCUT2D eigenvalue weighted by Gasteiger charge is 2.21. The van der Waals surface area contributed by atoms with Gasteiger partial charge in [-0.2, -0.15) is 5.10 Å². The van der Waals surface area contributed by atoms with Crippen molar-refractivity contribution < 1.29 is 4.79 Å². The third kappa shape index (κ3) is 4.94. The molecule has 0 saturated carbocycles. The summed E-state index contributed by atoms with van der Waals surface area (Å²) >= 11 is 0. The average Bonchev–Trinajstić information content (AvgIpc) is 3.02. The van der Waals surface area contributed by atoms with Gasteiger partial charge in [0.2, 0.25) is 0 Å². The van der Waals surface area contributed by atoms with Gasteiger partial charge in [-0.05, 0) is 50.3 Å². The van der Waals surface area contributed by atoms with Gasteiger partial charge in [0.25, 0.3) is 0 Å². The Balaban J connectivity index is 1.77. The quantitative estimate of drug-likeness (QED) is 0.686. The predicted molar refractivity (Wildman–Crippen MR) is 90.2 cm³/mol. The van der Waals surface area contributed by atoms with Crippen LogP contribution < -0.4 is 0 Å². The average molecular weight is 305 g/mol. The van der Waals surface area contributed by atoms with Gasteiger partial charge in [0.15, 0.2) is 0 Å². The number of piperidine rings is 1. The number of hydrogen-bond donors (Lipinski definition) is 0. The van der Waals surface area contributed by atoms with Crippen molar-refractivity contribution in [2.24, 2.45) is 0 Å². The maximum Gasteiger partial charge on any atom is 0.132 e. The number of carbonyl (C=O) groups excluding carboxylic acids is 1. The lowest BCUT2D eigenvalue weighted by Crippen LogP contribution is -2.37. The number of hydrogen-bond acceptors (Lipinski definition) is 3. The molecule has 124 valence electrons. The molecule has 1 aliphatic rings. The van der Waals surface area contributed by atoms with Crippen molar-refractivity contribution in [1.29, 1.82) is 0 Å². The highest BCUT2D eigenvalue weighted by molar-refractivity contribution is 5.77. The van der Waals surface area contributed by atoms with Crippen LogP contribution in [0, 0.1) is 0 Å². The Bertz CT molecular complexity index is 467. The summed E-state index contributed by atoms with van der Waals surface area (Å²) in [5.41, 5.74) is 1.33. The fraction of sp³-hybridized carbons (Fsp3) is 0.778. The minimum absolute atomic E-state index is 0.397. The third-order valence-corrected chi connectivity index (χ3v) is 4.72. The SMILES string of the molecule is CCC(=O)CCCCN1CCCC(n2cc(C(C)C)cn2)C1. The van der Waals surface area contributed by atoms with Gasteiger partial charge in [0.1, 0.15) is 5.78 Å². The van der Waals surface area contributed by atoms with Crippen LogP contribution >= 0.6 is 0 Å². The lowest BCUT2D eigenvalue weighted by molar-refractivity contribution is -0.118. The van der Waals surface area contributed by atoms with Crippen LogP contribution in [0.2, 0.25) is 0 Å². The van der Waals surface area contributed by atoms with Crippen LogP contribution in [0.4, 0.5) is 0 Å². The van der Waals surface area contributed by atoms with E-state index < -0.39 is 0 Å². The van der Waals surface area contributed by atoms with Crippen LogP contribution in [-0.4, -0.2) is 40.1 Å². The second kappa shape index (κ2) is 8.47. The van der Waals surface area contributed by atoms with Crippen LogP contribution in [0.1, 0.15) is 76.8 Å². The lowest BCUT2D eigenvalue weighted by Gasteiger charge is -2.32. The number of nitrogens with zero attached hydrogens (tertiary/aromatic N) is 3. The number of Topliss-reactive ketones (excluding diaryl/α,β-unsaturated/α-hetero) is 1. The fourth-order valence-corrected chi connectivity index (χ4v) is 3.14. The van der Waals surface area contributed by atoms with Crippen molar-refractivity contribution in [2.75, 3.05) is 19.6 Å². The van der Waals surface area contributed by atoms with E-state index in [1.165, 1.54) is 24.9 Å². The van der Waals surface area contributed by atoms with Crippen molar-refractivity contribution in [2.45, 2.75) is 71.3 Å². The van der Waals surface area contributed by atoms with E-state index in [0.717, 1.165) is 32.4 Å². The molecule has 2 heterocycles. The molecule has 1 aliphatic heterocycles. The molecule has 4 nitrogen and oxygen atoms in total. The molecular formula is C18H31N3O. The van der Waals surface area contributed by atoms with Gasteiger partial charge in [0, 0.05) is 25.6 Å². The lowest BCUT2D eigenvalue weighted by atomic mass is 10.0. The summed E-state index contributed by atoms with van der Waals surface area (Å²) in [4.78, 5) is 13.9. The monoisotopic (exact) mass is 305 g/mol. The molecule has 0 amide bonds. The Morgan fingerprint density at radius 2 is 2.23 bits per heavy atom. The maximum absolute atomic E-state index is 11.3. The molecule has 22 heavy (non-hydrogen) atoms. The molecule has 1 unspecified atom stereocenters. The summed E-state index contributed by atoms with van der Waals surface area (Å²) in [5, 5.41) is 4.57. The fourth-order valence-electron chi connectivity index (χ4n) is 3.14. The molecule has 1 aromatic heterocycles. The first-order valence-corrected chi connectivity index (χ1v) is 8.88. The number of ketones is 1. The van der Waals surface area contributed by atoms with Crippen molar-refractivity contribution in [3.05, 3.63) is 18.0 Å². The molecular weight excluding hydrogens is 274 g/mol. The second-order valence-corrected chi connectivity index (χ2v) is 6.85. The standard InChI is InChI=1S/C18H31N3O/c1-4-18(22)9-5-6-10-20-11-7-8-17(14-20)21-13-16(12-19-21)15(2)3/h12-13,15,17H,4-11,14H2,1-3H3. The molecule has 0 bridgehead atoms. The van der Waals surface area contributed by atoms with E-state index in [1.54, 1.807) is 0 Å². The zero-order valence-electron chi connectivity index (χ0n) is 14.4. The van der Waals surface area contributed by atoms with Gasteiger partial charge >= 0.3 is 0 Å². The number of unbranched alkanes of at least 4 members (excludes halogenated alkanes) is 1. The van der Waals surface area contributed by atoms with Crippen LogP contribution in [0.3, 0.4) is 0 Å². The van der Waals surface area contributed by atoms with Gasteiger partial charge < -0.3 is 4.90 Å². The number of aromatic nitrogens is 2. The molecule has 0 radical (unpaired) electrons. The molecule has 1 aromatic rings. The molecule has 1 fully saturated rings. The normalized spacial score (nSPS) is 19.7. The van der Waals surface area contributed by atoms with Crippen molar-refractivity contribution in [3.8, 4) is 0 Å². The molecule has 2 rings (SSSR count). The van der Waals surface area contributed by atoms with E-state index in [0.29, 0.717) is 24.2 Å². The zero-order chi connectivity index (χ0) is 15.9. The third-order valence-electron chi connectivity index (χ3n) is 4.72. The van der Waals surface area contributed by atoms with Crippen LogP contribution in [0.15, 0.2) is 12.4 Å². The predicted octanol–water partition coefficient (Wildman–Crippen LogP) is 3.79. The van der Waals surface area contributed by atoms with E-state index >= 15 is 0 Å². The maximum atomic E-state index is 11.3. The summed E-state index contributed by atoms with van der Waals surface area (Å²) in [6, 6.07) is 0.513. The first-order chi connectivity index (χ1) is 10.6. The van der Waals surface area contributed by atoms with E-state index in [2.05, 4.69) is 34.7 Å². The first-order valence-electron chi connectivity index (χ1n) is 8.88. The van der Waals surface area contributed by atoms with E-state index in [9.17, 15) is 4.79 Å². The Hall–Kier alpha value is -1.16. The number of likely N-dealkylation sites (tertiary alicyclic amines) is 1. The Morgan fingerprint density at radius 1 is 1.41 bits per heavy atom. The molecule has 1 atom stereocenters. The van der Waals surface area contributed by atoms with E-state index in [4.69, 9.17) is 0 Å². The molecule has 1 saturated heterocycles. The van der Waals surface area contributed by atoms with Crippen LogP contribution in [0.5, 0.6) is 0 Å². The van der Waals surface area contributed by atoms with Crippen LogP contribution in [-0.2, 0) is 4.79 Å². The summed E-state index contributed by atoms with van der Waals surface area (Å²) < 4.78 is 2.17. The summed E-state index contributed by atoms with van der Waals surface area (Å²) in [5.74, 6) is 0.943. The van der Waals surface area contributed by atoms with Crippen molar-refractivity contribution >= 4 is 5.78 Å². The Morgan fingerprint density at radius 3 is 2.91 bits per heavy atom. The van der Waals surface area contributed by atoms with Crippen molar-refractivity contribution in [1.82, 2.24) is 14.7 Å². The van der Waals surface area contributed by atoms with Crippen molar-refractivity contribution in [3.63, 3.8) is 0 Å². The highest BCUT2D eigenvalue weighted by Crippen LogP contribution is 2.23. The van der Waals surface area contributed by atoms with Gasteiger partial charge in [-0.25, -0.2) is 0 Å². The Kier molecular flexibility index (Phi) is 6.62. The first kappa shape index (κ1) is 17.2. The summed E-state index contributed by atoms with van der Waals surface area (Å²) in [7, 11) is 0. The van der Waals surface area contributed by atoms with E-state index in [-0.39, 0.29) is 0 Å². The van der Waals surface area contributed by atoms with Gasteiger partial charge in [-0.15, -0.1) is 0 Å². The van der Waals surface area contributed by atoms with Crippen LogP contribution in [0.25, 0.3) is 0 Å². The van der Waals surface area contributed by atoms with Gasteiger partial charge in [0.05, 0.1) is 12.2 Å². The minimum atomic E-state index is 0.397. The summed E-state index contributed by atoms with van der Waals surface area (Å²) in [6.45, 7) is 9.79. The number of carbonyl (C=O) groups is 1. The zero-order valence-corrected chi connectivity index (χ0v) is 14.4. The summed E-state index contributed by atoms with van der Waals surface area (Å²) in [6.07, 6.45) is 10.3. The topological polar surface area (TPSA) is 38.1 Å². The molecule has 0 aliphatic carbocycles. The molecule has 0 spiro atoms. The highest BCUT2D eigenvalue weighted by atomic mass is 16.1. The molecule has 0 N–H and O–H groups in total. The number of rotatable bonds is 8. The largest absolute Gasteiger partial charge is 0.301 e. The second-order valence-electron chi connectivity index (χ2n) is 6.85.